The molecule has 0 fully saturated rings. The van der Waals surface area contributed by atoms with Gasteiger partial charge in [-0.05, 0) is 35.7 Å². The highest BCUT2D eigenvalue weighted by molar-refractivity contribution is 7.92. The van der Waals surface area contributed by atoms with E-state index in [9.17, 15) is 8.42 Å². The van der Waals surface area contributed by atoms with Crippen molar-refractivity contribution in [3.63, 3.8) is 0 Å². The molecule has 2 rings (SSSR count). The van der Waals surface area contributed by atoms with E-state index >= 15 is 0 Å². The van der Waals surface area contributed by atoms with E-state index in [0.717, 1.165) is 22.9 Å². The maximum atomic E-state index is 11.2. The van der Waals surface area contributed by atoms with Gasteiger partial charge in [0.2, 0.25) is 10.0 Å². The Bertz CT molecular complexity index is 649. The van der Waals surface area contributed by atoms with E-state index in [2.05, 4.69) is 4.72 Å². The summed E-state index contributed by atoms with van der Waals surface area (Å²) in [7, 11) is -3.22. The third-order valence-corrected chi connectivity index (χ3v) is 3.22. The van der Waals surface area contributed by atoms with E-state index in [0.29, 0.717) is 5.69 Å². The van der Waals surface area contributed by atoms with Crippen LogP contribution in [0.25, 0.3) is 11.1 Å². The summed E-state index contributed by atoms with van der Waals surface area (Å²) in [4.78, 5) is 0. The van der Waals surface area contributed by atoms with Gasteiger partial charge >= 0.3 is 0 Å². The number of hydrogen-bond acceptors (Lipinski definition) is 2. The molecule has 2 aromatic rings. The predicted molar refractivity (Wildman–Crippen MR) is 75.1 cm³/mol. The highest BCUT2D eigenvalue weighted by Crippen LogP contribution is 2.25. The van der Waals surface area contributed by atoms with Crippen LogP contribution in [0, 0.1) is 6.92 Å². The number of rotatable bonds is 3. The number of anilines is 1. The zero-order valence-corrected chi connectivity index (χ0v) is 11.2. The third-order valence-electron chi connectivity index (χ3n) is 2.61. The van der Waals surface area contributed by atoms with Gasteiger partial charge in [-0.15, -0.1) is 0 Å². The van der Waals surface area contributed by atoms with E-state index in [1.165, 1.54) is 0 Å². The van der Waals surface area contributed by atoms with Gasteiger partial charge in [0.25, 0.3) is 0 Å². The molecule has 0 bridgehead atoms. The summed E-state index contributed by atoms with van der Waals surface area (Å²) in [5.74, 6) is 0. The molecule has 94 valence electrons. The lowest BCUT2D eigenvalue weighted by Crippen LogP contribution is -2.09. The molecule has 0 aliphatic rings. The fourth-order valence-corrected chi connectivity index (χ4v) is 2.44. The lowest BCUT2D eigenvalue weighted by molar-refractivity contribution is 0.607. The van der Waals surface area contributed by atoms with Crippen LogP contribution in [0.15, 0.2) is 48.5 Å². The van der Waals surface area contributed by atoms with E-state index in [-0.39, 0.29) is 0 Å². The number of benzene rings is 2. The fourth-order valence-electron chi connectivity index (χ4n) is 1.88. The van der Waals surface area contributed by atoms with Crippen LogP contribution in [0.4, 0.5) is 5.69 Å². The van der Waals surface area contributed by atoms with Crippen LogP contribution in [0.2, 0.25) is 0 Å². The van der Waals surface area contributed by atoms with Gasteiger partial charge in [-0.3, -0.25) is 4.72 Å². The van der Waals surface area contributed by atoms with Gasteiger partial charge < -0.3 is 0 Å². The van der Waals surface area contributed by atoms with E-state index in [4.69, 9.17) is 0 Å². The van der Waals surface area contributed by atoms with Crippen molar-refractivity contribution < 1.29 is 8.42 Å². The number of aryl methyl sites for hydroxylation is 1. The second-order valence-electron chi connectivity index (χ2n) is 4.27. The molecule has 2 aromatic carbocycles. The van der Waals surface area contributed by atoms with Gasteiger partial charge in [0.1, 0.15) is 0 Å². The summed E-state index contributed by atoms with van der Waals surface area (Å²) in [5, 5.41) is 0. The van der Waals surface area contributed by atoms with Crippen LogP contribution in [0.1, 0.15) is 5.56 Å². The molecule has 4 heteroatoms. The van der Waals surface area contributed by atoms with Crippen LogP contribution in [0.3, 0.4) is 0 Å². The van der Waals surface area contributed by atoms with Gasteiger partial charge in [-0.1, -0.05) is 36.4 Å². The Hall–Kier alpha value is -1.81. The van der Waals surface area contributed by atoms with E-state index in [1.54, 1.807) is 6.07 Å². The summed E-state index contributed by atoms with van der Waals surface area (Å²) in [5.41, 5.74) is 3.86. The number of nitrogens with one attached hydrogen (secondary N) is 1. The lowest BCUT2D eigenvalue weighted by atomic mass is 10.0. The Labute approximate surface area is 108 Å². The van der Waals surface area contributed by atoms with Gasteiger partial charge in [0, 0.05) is 5.69 Å². The molecule has 0 amide bonds. The highest BCUT2D eigenvalue weighted by Gasteiger charge is 2.05. The number of sulfonamides is 1. The maximum absolute atomic E-state index is 11.2. The monoisotopic (exact) mass is 261 g/mol. The first-order valence-electron chi connectivity index (χ1n) is 5.59. The second kappa shape index (κ2) is 4.82. The molecule has 3 nitrogen and oxygen atoms in total. The number of hydrogen-bond donors (Lipinski definition) is 1. The Balaban J connectivity index is 2.37. The van der Waals surface area contributed by atoms with E-state index in [1.807, 2.05) is 49.4 Å². The molecule has 0 heterocycles. The Morgan fingerprint density at radius 1 is 1.00 bits per heavy atom. The SMILES string of the molecule is Cc1cc(NS(C)(=O)=O)ccc1-c1ccccc1. The van der Waals surface area contributed by atoms with Crippen LogP contribution in [-0.4, -0.2) is 14.7 Å². The summed E-state index contributed by atoms with van der Waals surface area (Å²) < 4.78 is 24.8. The first kappa shape index (κ1) is 12.6. The molecule has 0 saturated heterocycles. The average molecular weight is 261 g/mol. The van der Waals surface area contributed by atoms with Crippen molar-refractivity contribution in [2.45, 2.75) is 6.92 Å². The standard InChI is InChI=1S/C14H15NO2S/c1-11-10-13(15-18(2,16)17)8-9-14(11)12-6-4-3-5-7-12/h3-10,15H,1-2H3. The van der Waals surface area contributed by atoms with Crippen molar-refractivity contribution >= 4 is 15.7 Å². The molecule has 0 radical (unpaired) electrons. The summed E-state index contributed by atoms with van der Waals surface area (Å²) >= 11 is 0. The van der Waals surface area contributed by atoms with Gasteiger partial charge in [-0.2, -0.15) is 0 Å². The van der Waals surface area contributed by atoms with Gasteiger partial charge in [0.15, 0.2) is 0 Å². The Morgan fingerprint density at radius 3 is 2.22 bits per heavy atom. The minimum atomic E-state index is -3.22. The largest absolute Gasteiger partial charge is 0.284 e. The van der Waals surface area contributed by atoms with Crippen LogP contribution in [-0.2, 0) is 10.0 Å². The van der Waals surface area contributed by atoms with Crippen molar-refractivity contribution in [1.29, 1.82) is 0 Å². The zero-order chi connectivity index (χ0) is 13.2. The van der Waals surface area contributed by atoms with Crippen molar-refractivity contribution in [1.82, 2.24) is 0 Å². The van der Waals surface area contributed by atoms with Gasteiger partial charge in [0.05, 0.1) is 6.26 Å². The van der Waals surface area contributed by atoms with Crippen molar-refractivity contribution in [3.8, 4) is 11.1 Å². The third kappa shape index (κ3) is 3.11. The van der Waals surface area contributed by atoms with Crippen LogP contribution >= 0.6 is 0 Å². The Morgan fingerprint density at radius 2 is 1.67 bits per heavy atom. The van der Waals surface area contributed by atoms with Crippen molar-refractivity contribution in [2.75, 3.05) is 11.0 Å². The summed E-state index contributed by atoms with van der Waals surface area (Å²) in [6, 6.07) is 15.5. The zero-order valence-electron chi connectivity index (χ0n) is 10.3. The smallest absolute Gasteiger partial charge is 0.229 e. The molecule has 0 unspecified atom stereocenters. The molecule has 0 aromatic heterocycles. The summed E-state index contributed by atoms with van der Waals surface area (Å²) in [6.45, 7) is 1.97. The molecule has 0 aliphatic heterocycles. The fraction of sp³-hybridized carbons (Fsp3) is 0.143. The predicted octanol–water partition coefficient (Wildman–Crippen LogP) is 3.03. The Kier molecular flexibility index (Phi) is 3.39. The average Bonchev–Trinajstić information content (AvgIpc) is 2.28. The molecule has 18 heavy (non-hydrogen) atoms. The topological polar surface area (TPSA) is 46.2 Å². The molecule has 1 N–H and O–H groups in total. The molecule has 0 aliphatic carbocycles. The molecular formula is C14H15NO2S. The first-order valence-corrected chi connectivity index (χ1v) is 7.49. The molecule has 0 saturated carbocycles. The normalized spacial score (nSPS) is 11.2. The maximum Gasteiger partial charge on any atom is 0.229 e. The summed E-state index contributed by atoms with van der Waals surface area (Å²) in [6.07, 6.45) is 1.15. The molecule has 0 spiro atoms. The molecular weight excluding hydrogens is 246 g/mol. The lowest BCUT2D eigenvalue weighted by Gasteiger charge is -2.09. The van der Waals surface area contributed by atoms with Crippen molar-refractivity contribution in [2.24, 2.45) is 0 Å². The quantitative estimate of drug-likeness (QED) is 0.923. The first-order chi connectivity index (χ1) is 8.46. The van der Waals surface area contributed by atoms with E-state index < -0.39 is 10.0 Å². The second-order valence-corrected chi connectivity index (χ2v) is 6.02. The minimum Gasteiger partial charge on any atom is -0.284 e. The minimum absolute atomic E-state index is 0.592. The van der Waals surface area contributed by atoms with Crippen LogP contribution < -0.4 is 4.72 Å². The highest BCUT2D eigenvalue weighted by atomic mass is 32.2. The van der Waals surface area contributed by atoms with Crippen LogP contribution in [0.5, 0.6) is 0 Å². The van der Waals surface area contributed by atoms with Crippen molar-refractivity contribution in [3.05, 3.63) is 54.1 Å². The molecule has 0 atom stereocenters. The van der Waals surface area contributed by atoms with Gasteiger partial charge in [-0.25, -0.2) is 8.42 Å².